The van der Waals surface area contributed by atoms with E-state index in [-0.39, 0.29) is 18.7 Å². The number of rotatable bonds is 15. The fraction of sp³-hybridized carbons (Fsp3) is 0.750. The summed E-state index contributed by atoms with van der Waals surface area (Å²) in [5.74, 6) is -0.837. The Kier molecular flexibility index (Phi) is 13.8. The Hall–Kier alpha value is -1.61. The van der Waals surface area contributed by atoms with Crippen LogP contribution in [0.25, 0.3) is 0 Å². The lowest BCUT2D eigenvalue weighted by molar-refractivity contribution is -0.138. The van der Waals surface area contributed by atoms with E-state index in [0.29, 0.717) is 12.0 Å². The molecule has 0 fully saturated rings. The first-order valence-electron chi connectivity index (χ1n) is 8.48. The molecule has 2 atom stereocenters. The first-order valence-corrected chi connectivity index (χ1v) is 9.63. The van der Waals surface area contributed by atoms with E-state index in [9.17, 15) is 19.2 Å². The number of carbonyl (C=O) groups is 4. The van der Waals surface area contributed by atoms with Crippen LogP contribution in [-0.2, 0) is 19.2 Å². The van der Waals surface area contributed by atoms with Gasteiger partial charge in [-0.05, 0) is 18.6 Å². The number of unbranched alkanes of at least 4 members (excludes halogenated alkanes) is 3. The number of nitrogens with one attached hydrogen (secondary N) is 2. The second-order valence-electron chi connectivity index (χ2n) is 5.71. The highest BCUT2D eigenvalue weighted by Gasteiger charge is 2.21. The highest BCUT2D eigenvalue weighted by atomic mass is 32.2. The lowest BCUT2D eigenvalue weighted by Crippen LogP contribution is -2.49. The van der Waals surface area contributed by atoms with E-state index < -0.39 is 30.5 Å². The molecule has 0 heterocycles. The molecule has 0 rings (SSSR count). The second-order valence-corrected chi connectivity index (χ2v) is 6.86. The van der Waals surface area contributed by atoms with Gasteiger partial charge in [-0.2, -0.15) is 11.8 Å². The van der Waals surface area contributed by atoms with Crippen molar-refractivity contribution < 1.29 is 24.3 Å². The van der Waals surface area contributed by atoms with Gasteiger partial charge >= 0.3 is 5.97 Å². The van der Waals surface area contributed by atoms with Crippen molar-refractivity contribution in [3.05, 3.63) is 0 Å². The number of aldehydes is 1. The normalized spacial score (nSPS) is 12.9. The minimum atomic E-state index is -1.15. The van der Waals surface area contributed by atoms with Gasteiger partial charge < -0.3 is 26.3 Å². The quantitative estimate of drug-likeness (QED) is 0.238. The fourth-order valence-electron chi connectivity index (χ4n) is 1.93. The number of aliphatic carboxylic acids is 1. The van der Waals surface area contributed by atoms with E-state index in [1.54, 1.807) is 11.8 Å². The van der Waals surface area contributed by atoms with Crippen molar-refractivity contribution in [2.75, 3.05) is 18.1 Å². The molecule has 0 aliphatic carbocycles. The smallest absolute Gasteiger partial charge is 0.322 e. The van der Waals surface area contributed by atoms with E-state index in [2.05, 4.69) is 17.6 Å². The zero-order valence-electron chi connectivity index (χ0n) is 14.7. The summed E-state index contributed by atoms with van der Waals surface area (Å²) < 4.78 is 0. The fourth-order valence-corrected chi connectivity index (χ4v) is 2.98. The lowest BCUT2D eigenvalue weighted by Gasteiger charge is -2.18. The molecular formula is C16H29N3O5S. The summed E-state index contributed by atoms with van der Waals surface area (Å²) in [6.45, 7) is 1.63. The van der Waals surface area contributed by atoms with Gasteiger partial charge in [0.1, 0.15) is 18.9 Å². The van der Waals surface area contributed by atoms with Crippen LogP contribution in [0.2, 0.25) is 0 Å². The number of thioether (sulfide) groups is 1. The number of carbonyl (C=O) groups excluding carboxylic acids is 3. The van der Waals surface area contributed by atoms with Gasteiger partial charge in [-0.25, -0.2) is 0 Å². The predicted octanol–water partition coefficient (Wildman–Crippen LogP) is 0.292. The third-order valence-corrected chi connectivity index (χ3v) is 4.52. The van der Waals surface area contributed by atoms with Crippen molar-refractivity contribution in [3.8, 4) is 0 Å². The van der Waals surface area contributed by atoms with Crippen LogP contribution in [0.5, 0.6) is 0 Å². The van der Waals surface area contributed by atoms with E-state index in [0.717, 1.165) is 31.4 Å². The SMILES string of the molecule is CCCCCCSC[C@H](NC(=O)CC[C@H](N)C=O)C(=O)NCC(=O)O. The number of nitrogens with two attached hydrogens (primary N) is 1. The molecule has 0 saturated carbocycles. The van der Waals surface area contributed by atoms with Gasteiger partial charge in [-0.1, -0.05) is 26.2 Å². The zero-order valence-corrected chi connectivity index (χ0v) is 15.5. The Morgan fingerprint density at radius 1 is 1.24 bits per heavy atom. The van der Waals surface area contributed by atoms with Gasteiger partial charge in [0.25, 0.3) is 0 Å². The van der Waals surface area contributed by atoms with Gasteiger partial charge in [0.15, 0.2) is 0 Å². The van der Waals surface area contributed by atoms with Crippen LogP contribution in [0.4, 0.5) is 0 Å². The summed E-state index contributed by atoms with van der Waals surface area (Å²) in [5.41, 5.74) is 5.43. The first-order chi connectivity index (χ1) is 11.9. The maximum Gasteiger partial charge on any atom is 0.322 e. The summed E-state index contributed by atoms with van der Waals surface area (Å²) in [5, 5.41) is 13.5. The van der Waals surface area contributed by atoms with E-state index in [1.165, 1.54) is 0 Å². The number of hydrogen-bond donors (Lipinski definition) is 4. The molecule has 25 heavy (non-hydrogen) atoms. The minimum absolute atomic E-state index is 0.0315. The summed E-state index contributed by atoms with van der Waals surface area (Å²) >= 11 is 1.54. The van der Waals surface area contributed by atoms with Crippen LogP contribution in [0, 0.1) is 0 Å². The summed E-state index contributed by atoms with van der Waals surface area (Å²) in [7, 11) is 0. The third-order valence-electron chi connectivity index (χ3n) is 3.37. The van der Waals surface area contributed by atoms with Gasteiger partial charge in [0.2, 0.25) is 11.8 Å². The number of amides is 2. The highest BCUT2D eigenvalue weighted by molar-refractivity contribution is 7.99. The lowest BCUT2D eigenvalue weighted by atomic mass is 10.2. The number of carboxylic acid groups (broad SMARTS) is 1. The molecule has 9 heteroatoms. The van der Waals surface area contributed by atoms with Gasteiger partial charge in [-0.3, -0.25) is 14.4 Å². The second kappa shape index (κ2) is 14.7. The standard InChI is InChI=1S/C16H29N3O5S/c1-2-3-4-5-8-25-11-13(16(24)18-9-15(22)23)19-14(21)7-6-12(17)10-20/h10,12-13H,2-9,11,17H2,1H3,(H,18,24)(H,19,21)(H,22,23)/t12-,13-/m0/s1. The van der Waals surface area contributed by atoms with Crippen molar-refractivity contribution in [2.45, 2.75) is 57.5 Å². The largest absolute Gasteiger partial charge is 0.480 e. The Labute approximate surface area is 152 Å². The Morgan fingerprint density at radius 3 is 2.56 bits per heavy atom. The highest BCUT2D eigenvalue weighted by Crippen LogP contribution is 2.09. The molecule has 0 aliphatic rings. The first kappa shape index (κ1) is 23.4. The summed E-state index contributed by atoms with van der Waals surface area (Å²) in [4.78, 5) is 45.0. The van der Waals surface area contributed by atoms with Crippen LogP contribution in [0.3, 0.4) is 0 Å². The molecule has 2 amide bonds. The molecule has 0 unspecified atom stereocenters. The average Bonchev–Trinajstić information content (AvgIpc) is 2.59. The van der Waals surface area contributed by atoms with Crippen molar-refractivity contribution >= 4 is 35.8 Å². The van der Waals surface area contributed by atoms with Crippen molar-refractivity contribution in [2.24, 2.45) is 5.73 Å². The summed E-state index contributed by atoms with van der Waals surface area (Å²) in [6.07, 6.45) is 5.25. The topological polar surface area (TPSA) is 139 Å². The molecule has 0 aromatic rings. The molecular weight excluding hydrogens is 346 g/mol. The average molecular weight is 375 g/mol. The zero-order chi connectivity index (χ0) is 19.1. The molecule has 0 bridgehead atoms. The molecule has 0 aromatic heterocycles. The van der Waals surface area contributed by atoms with Crippen molar-refractivity contribution in [1.29, 1.82) is 0 Å². The Balaban J connectivity index is 4.40. The molecule has 0 saturated heterocycles. The third kappa shape index (κ3) is 13.4. The van der Waals surface area contributed by atoms with Crippen LogP contribution in [0.15, 0.2) is 0 Å². The molecule has 0 radical (unpaired) electrons. The Bertz CT molecular complexity index is 434. The molecule has 0 aromatic carbocycles. The van der Waals surface area contributed by atoms with Crippen LogP contribution < -0.4 is 16.4 Å². The molecule has 0 aliphatic heterocycles. The van der Waals surface area contributed by atoms with Gasteiger partial charge in [0.05, 0.1) is 6.04 Å². The summed E-state index contributed by atoms with van der Waals surface area (Å²) in [6, 6.07) is -1.52. The molecule has 144 valence electrons. The van der Waals surface area contributed by atoms with Crippen molar-refractivity contribution in [1.82, 2.24) is 10.6 Å². The minimum Gasteiger partial charge on any atom is -0.480 e. The van der Waals surface area contributed by atoms with Crippen molar-refractivity contribution in [3.63, 3.8) is 0 Å². The number of hydrogen-bond acceptors (Lipinski definition) is 6. The monoisotopic (exact) mass is 375 g/mol. The molecule has 5 N–H and O–H groups in total. The van der Waals surface area contributed by atoms with E-state index in [4.69, 9.17) is 10.8 Å². The van der Waals surface area contributed by atoms with E-state index in [1.807, 2.05) is 0 Å². The van der Waals surface area contributed by atoms with Crippen LogP contribution in [0.1, 0.15) is 45.4 Å². The van der Waals surface area contributed by atoms with Crippen LogP contribution >= 0.6 is 11.8 Å². The van der Waals surface area contributed by atoms with Crippen LogP contribution in [-0.4, -0.2) is 59.3 Å². The maximum atomic E-state index is 12.1. The predicted molar refractivity (Wildman–Crippen MR) is 97.3 cm³/mol. The molecule has 8 nitrogen and oxygen atoms in total. The van der Waals surface area contributed by atoms with Gasteiger partial charge in [-0.15, -0.1) is 0 Å². The van der Waals surface area contributed by atoms with E-state index >= 15 is 0 Å². The Morgan fingerprint density at radius 2 is 1.96 bits per heavy atom. The number of carboxylic acids is 1. The molecule has 0 spiro atoms. The van der Waals surface area contributed by atoms with Gasteiger partial charge in [0, 0.05) is 12.2 Å². The maximum absolute atomic E-state index is 12.1.